The number of rotatable bonds is 7. The summed E-state index contributed by atoms with van der Waals surface area (Å²) in [7, 11) is 2.06. The van der Waals surface area contributed by atoms with Crippen molar-refractivity contribution in [2.24, 2.45) is 5.41 Å². The smallest absolute Gasteiger partial charge is 0.232 e. The number of likely N-dealkylation sites (N-methyl/N-ethyl adjacent to an activating group) is 1. The molecular weight excluding hydrogens is 454 g/mol. The third-order valence-corrected chi connectivity index (χ3v) is 7.91. The van der Waals surface area contributed by atoms with Crippen LogP contribution in [-0.4, -0.2) is 69.2 Å². The molecule has 2 aliphatic rings. The van der Waals surface area contributed by atoms with Crippen molar-refractivity contribution in [2.45, 2.75) is 51.6 Å². The van der Waals surface area contributed by atoms with Gasteiger partial charge in [0.25, 0.3) is 0 Å². The molecule has 1 N–H and O–H groups in total. The van der Waals surface area contributed by atoms with Crippen LogP contribution in [0.1, 0.15) is 68.5 Å². The first-order valence-electron chi connectivity index (χ1n) is 12.7. The first-order valence-corrected chi connectivity index (χ1v) is 12.7. The van der Waals surface area contributed by atoms with Crippen LogP contribution in [0, 0.1) is 5.41 Å². The Labute approximate surface area is 212 Å². The molecule has 0 spiro atoms. The largest absolute Gasteiger partial charge is 0.380 e. The van der Waals surface area contributed by atoms with E-state index in [0.29, 0.717) is 48.3 Å². The van der Waals surface area contributed by atoms with Crippen LogP contribution >= 0.6 is 0 Å². The van der Waals surface area contributed by atoms with Crippen molar-refractivity contribution in [1.82, 2.24) is 24.9 Å². The molecule has 1 amide bonds. The zero-order chi connectivity index (χ0) is 25.7. The van der Waals surface area contributed by atoms with E-state index >= 15 is 0 Å². The lowest BCUT2D eigenvalue weighted by Gasteiger charge is -2.55. The summed E-state index contributed by atoms with van der Waals surface area (Å²) in [5.41, 5.74) is 1.82. The summed E-state index contributed by atoms with van der Waals surface area (Å²) in [6.07, 6.45) is 3.80. The molecular formula is C28H35N5O3. The molecule has 1 aromatic carbocycles. The summed E-state index contributed by atoms with van der Waals surface area (Å²) in [6, 6.07) is 10.2. The number of carbonyl (C=O) groups excluding carboxylic acids is 1. The molecule has 190 valence electrons. The lowest BCUT2D eigenvalue weighted by molar-refractivity contribution is -0.127. The fraction of sp³-hybridized carbons (Fsp3) is 0.500. The number of aliphatic hydroxyl groups is 1. The average molecular weight is 490 g/mol. The van der Waals surface area contributed by atoms with Crippen molar-refractivity contribution in [3.63, 3.8) is 0 Å². The van der Waals surface area contributed by atoms with Crippen LogP contribution in [0.2, 0.25) is 0 Å². The number of likely N-dealkylation sites (tertiary alicyclic amines) is 2. The fourth-order valence-corrected chi connectivity index (χ4v) is 5.87. The summed E-state index contributed by atoms with van der Waals surface area (Å²) in [5, 5.41) is 16.6. The highest BCUT2D eigenvalue weighted by atomic mass is 16.5. The van der Waals surface area contributed by atoms with Crippen LogP contribution in [0.15, 0.2) is 47.2 Å². The zero-order valence-corrected chi connectivity index (χ0v) is 21.7. The molecule has 3 aromatic rings. The van der Waals surface area contributed by atoms with Gasteiger partial charge in [0, 0.05) is 61.5 Å². The highest BCUT2D eigenvalue weighted by Gasteiger charge is 2.55. The molecule has 0 bridgehead atoms. The van der Waals surface area contributed by atoms with Crippen molar-refractivity contribution in [3.05, 3.63) is 65.3 Å². The molecule has 0 unspecified atom stereocenters. The predicted octanol–water partition coefficient (Wildman–Crippen LogP) is 3.78. The Bertz CT molecular complexity index is 1250. The van der Waals surface area contributed by atoms with Gasteiger partial charge in [0.2, 0.25) is 17.6 Å². The van der Waals surface area contributed by atoms with E-state index in [0.717, 1.165) is 18.7 Å². The topological polar surface area (TPSA) is 95.6 Å². The minimum absolute atomic E-state index is 0.101. The highest BCUT2D eigenvalue weighted by Crippen LogP contribution is 2.50. The molecule has 8 heteroatoms. The minimum atomic E-state index is -1.25. The maximum Gasteiger partial charge on any atom is 0.232 e. The van der Waals surface area contributed by atoms with Crippen LogP contribution in [0.25, 0.3) is 11.4 Å². The maximum atomic E-state index is 12.4. The summed E-state index contributed by atoms with van der Waals surface area (Å²) in [4.78, 5) is 25.3. The van der Waals surface area contributed by atoms with E-state index in [2.05, 4.69) is 60.0 Å². The molecule has 8 nitrogen and oxygen atoms in total. The summed E-state index contributed by atoms with van der Waals surface area (Å²) < 4.78 is 5.57. The number of pyridine rings is 1. The molecule has 0 aliphatic carbocycles. The van der Waals surface area contributed by atoms with Gasteiger partial charge in [0.1, 0.15) is 5.60 Å². The van der Waals surface area contributed by atoms with Crippen LogP contribution < -0.4 is 0 Å². The molecule has 36 heavy (non-hydrogen) atoms. The van der Waals surface area contributed by atoms with E-state index in [1.807, 2.05) is 25.1 Å². The van der Waals surface area contributed by atoms with E-state index in [9.17, 15) is 9.90 Å². The minimum Gasteiger partial charge on any atom is -0.380 e. The molecule has 2 aromatic heterocycles. The van der Waals surface area contributed by atoms with Crippen molar-refractivity contribution in [2.75, 3.05) is 33.2 Å². The van der Waals surface area contributed by atoms with Crippen LogP contribution in [0.3, 0.4) is 0 Å². The van der Waals surface area contributed by atoms with Gasteiger partial charge in [0.05, 0.1) is 5.92 Å². The van der Waals surface area contributed by atoms with Gasteiger partial charge < -0.3 is 19.4 Å². The Morgan fingerprint density at radius 1 is 1.19 bits per heavy atom. The monoisotopic (exact) mass is 489 g/mol. The van der Waals surface area contributed by atoms with Crippen molar-refractivity contribution in [3.8, 4) is 11.4 Å². The van der Waals surface area contributed by atoms with Gasteiger partial charge in [-0.3, -0.25) is 9.78 Å². The average Bonchev–Trinajstić information content (AvgIpc) is 3.49. The van der Waals surface area contributed by atoms with E-state index in [4.69, 9.17) is 4.52 Å². The lowest BCUT2D eigenvalue weighted by Crippen LogP contribution is -2.63. The normalized spacial score (nSPS) is 21.6. The Kier molecular flexibility index (Phi) is 6.21. The fourth-order valence-electron chi connectivity index (χ4n) is 5.87. The predicted molar refractivity (Wildman–Crippen MR) is 136 cm³/mol. The molecule has 0 radical (unpaired) electrons. The summed E-state index contributed by atoms with van der Waals surface area (Å²) in [6.45, 7) is 11.2. The third-order valence-electron chi connectivity index (χ3n) is 7.91. The second-order valence-electron chi connectivity index (χ2n) is 11.0. The van der Waals surface area contributed by atoms with Gasteiger partial charge in [-0.2, -0.15) is 4.98 Å². The number of aromatic nitrogens is 3. The zero-order valence-electron chi connectivity index (χ0n) is 21.7. The second-order valence-corrected chi connectivity index (χ2v) is 11.0. The number of amides is 1. The summed E-state index contributed by atoms with van der Waals surface area (Å²) in [5.74, 6) is 1.30. The van der Waals surface area contributed by atoms with Crippen molar-refractivity contribution >= 4 is 5.91 Å². The molecule has 2 aliphatic heterocycles. The van der Waals surface area contributed by atoms with E-state index in [1.54, 1.807) is 17.3 Å². The maximum absolute atomic E-state index is 12.4. The van der Waals surface area contributed by atoms with Gasteiger partial charge in [0.15, 0.2) is 0 Å². The number of hydrogen-bond acceptors (Lipinski definition) is 7. The number of nitrogens with zero attached hydrogens (tertiary/aromatic N) is 5. The first kappa shape index (κ1) is 24.6. The number of carbonyl (C=O) groups is 1. The molecule has 2 fully saturated rings. The SMILES string of the molecule is CCN1C[C@@H](c2nc(-c3cncc([C@@](O)(c4ccc(C(C)C)cc4)C4(C)CN(C)C4)c3)no2)CC1=O. The Hall–Kier alpha value is -3.10. The third kappa shape index (κ3) is 4.02. The molecule has 0 saturated carbocycles. The quantitative estimate of drug-likeness (QED) is 0.540. The van der Waals surface area contributed by atoms with Gasteiger partial charge >= 0.3 is 0 Å². The van der Waals surface area contributed by atoms with Gasteiger partial charge in [-0.1, -0.05) is 50.2 Å². The standard InChI is InChI=1S/C28H35N5O3/c1-6-33-15-21(12-24(33)34)26-30-25(31-36-26)20-11-23(14-29-13-20)28(35,27(4)16-32(5)17-27)22-9-7-19(8-10-22)18(2)3/h7-11,13-14,18,21,35H,6,12,15-17H2,1-5H3/t21-,28-/m0/s1. The van der Waals surface area contributed by atoms with Crippen molar-refractivity contribution in [1.29, 1.82) is 0 Å². The first-order chi connectivity index (χ1) is 17.1. The Morgan fingerprint density at radius 3 is 2.53 bits per heavy atom. The number of benzene rings is 1. The molecule has 4 heterocycles. The van der Waals surface area contributed by atoms with E-state index in [-0.39, 0.29) is 11.8 Å². The molecule has 2 atom stereocenters. The summed E-state index contributed by atoms with van der Waals surface area (Å²) >= 11 is 0. The lowest BCUT2D eigenvalue weighted by atomic mass is 9.62. The number of hydrogen-bond donors (Lipinski definition) is 1. The Balaban J connectivity index is 1.51. The van der Waals surface area contributed by atoms with E-state index in [1.165, 1.54) is 5.56 Å². The van der Waals surface area contributed by atoms with Gasteiger partial charge in [-0.25, -0.2) is 0 Å². The second kappa shape index (κ2) is 9.09. The van der Waals surface area contributed by atoms with Gasteiger partial charge in [-0.15, -0.1) is 0 Å². The van der Waals surface area contributed by atoms with E-state index < -0.39 is 11.0 Å². The highest BCUT2D eigenvalue weighted by molar-refractivity contribution is 5.79. The van der Waals surface area contributed by atoms with Crippen LogP contribution in [0.5, 0.6) is 0 Å². The Morgan fingerprint density at radius 2 is 1.92 bits per heavy atom. The van der Waals surface area contributed by atoms with Gasteiger partial charge in [-0.05, 0) is 37.1 Å². The van der Waals surface area contributed by atoms with Crippen LogP contribution in [0.4, 0.5) is 0 Å². The van der Waals surface area contributed by atoms with Crippen LogP contribution in [-0.2, 0) is 10.4 Å². The molecule has 5 rings (SSSR count). The van der Waals surface area contributed by atoms with Crippen molar-refractivity contribution < 1.29 is 14.4 Å². The molecule has 2 saturated heterocycles.